The summed E-state index contributed by atoms with van der Waals surface area (Å²) in [5.41, 5.74) is 4.63. The zero-order valence-corrected chi connectivity index (χ0v) is 15.5. The maximum absolute atomic E-state index is 12.6. The third-order valence-electron chi connectivity index (χ3n) is 5.24. The lowest BCUT2D eigenvalue weighted by atomic mass is 9.81. The zero-order chi connectivity index (χ0) is 18.8. The van der Waals surface area contributed by atoms with E-state index in [0.717, 1.165) is 31.2 Å². The van der Waals surface area contributed by atoms with Crippen molar-refractivity contribution in [3.63, 3.8) is 0 Å². The number of rotatable bonds is 4. The van der Waals surface area contributed by atoms with Crippen LogP contribution >= 0.6 is 0 Å². The van der Waals surface area contributed by atoms with E-state index in [0.29, 0.717) is 11.4 Å². The highest BCUT2D eigenvalue weighted by atomic mass is 16.2. The van der Waals surface area contributed by atoms with Crippen LogP contribution in [0.15, 0.2) is 29.4 Å². The highest BCUT2D eigenvalue weighted by molar-refractivity contribution is 6.22. The van der Waals surface area contributed by atoms with Gasteiger partial charge in [0.1, 0.15) is 0 Å². The summed E-state index contributed by atoms with van der Waals surface area (Å²) in [5, 5.41) is 4.10. The van der Waals surface area contributed by atoms with Crippen molar-refractivity contribution in [2.75, 3.05) is 4.90 Å². The Labute approximate surface area is 153 Å². The first-order valence-electron chi connectivity index (χ1n) is 9.22. The molecule has 1 heterocycles. The molecule has 0 bridgehead atoms. The van der Waals surface area contributed by atoms with Gasteiger partial charge in [-0.2, -0.15) is 5.10 Å². The summed E-state index contributed by atoms with van der Waals surface area (Å²) >= 11 is 0. The maximum Gasteiger partial charge on any atom is 0.242 e. The van der Waals surface area contributed by atoms with Gasteiger partial charge in [0.05, 0.1) is 23.2 Å². The Balaban J connectivity index is 1.75. The van der Waals surface area contributed by atoms with Crippen molar-refractivity contribution in [1.82, 2.24) is 5.43 Å². The quantitative estimate of drug-likeness (QED) is 0.512. The number of carbonyl (C=O) groups is 3. The molecular weight excluding hydrogens is 330 g/mol. The Morgan fingerprint density at radius 3 is 2.12 bits per heavy atom. The molecule has 6 heteroatoms. The summed E-state index contributed by atoms with van der Waals surface area (Å²) < 4.78 is 0. The Hall–Kier alpha value is -2.50. The monoisotopic (exact) mass is 355 g/mol. The lowest BCUT2D eigenvalue weighted by molar-refractivity contribution is -0.124. The molecule has 2 aliphatic rings. The van der Waals surface area contributed by atoms with E-state index in [1.807, 2.05) is 12.1 Å². The van der Waals surface area contributed by atoms with Crippen molar-refractivity contribution in [3.8, 4) is 0 Å². The molecule has 1 aliphatic carbocycles. The van der Waals surface area contributed by atoms with Gasteiger partial charge in [-0.15, -0.1) is 0 Å². The number of imide groups is 1. The van der Waals surface area contributed by atoms with Crippen LogP contribution in [0.2, 0.25) is 0 Å². The molecule has 3 amide bonds. The molecule has 1 aliphatic heterocycles. The predicted octanol–water partition coefficient (Wildman–Crippen LogP) is 2.86. The summed E-state index contributed by atoms with van der Waals surface area (Å²) in [5.74, 6) is -0.707. The van der Waals surface area contributed by atoms with E-state index in [1.54, 1.807) is 32.9 Å². The fraction of sp³-hybridized carbons (Fsp3) is 0.500. The van der Waals surface area contributed by atoms with Crippen molar-refractivity contribution in [2.24, 2.45) is 22.9 Å². The summed E-state index contributed by atoms with van der Waals surface area (Å²) in [7, 11) is 0. The Kier molecular flexibility index (Phi) is 5.20. The fourth-order valence-electron chi connectivity index (χ4n) is 3.60. The predicted molar refractivity (Wildman–Crippen MR) is 99.6 cm³/mol. The molecule has 1 aromatic rings. The molecule has 6 nitrogen and oxygen atoms in total. The van der Waals surface area contributed by atoms with Crippen molar-refractivity contribution in [3.05, 3.63) is 29.8 Å². The van der Waals surface area contributed by atoms with Gasteiger partial charge in [-0.3, -0.25) is 19.3 Å². The molecule has 2 unspecified atom stereocenters. The van der Waals surface area contributed by atoms with Crippen LogP contribution in [-0.2, 0) is 14.4 Å². The van der Waals surface area contributed by atoms with Gasteiger partial charge in [-0.25, -0.2) is 5.43 Å². The molecule has 2 fully saturated rings. The van der Waals surface area contributed by atoms with Gasteiger partial charge >= 0.3 is 0 Å². The van der Waals surface area contributed by atoms with Gasteiger partial charge in [-0.05, 0) is 37.5 Å². The topological polar surface area (TPSA) is 78.8 Å². The normalized spacial score (nSPS) is 23.4. The van der Waals surface area contributed by atoms with Crippen LogP contribution in [-0.4, -0.2) is 23.4 Å². The first kappa shape index (κ1) is 18.3. The Morgan fingerprint density at radius 1 is 1.08 bits per heavy atom. The van der Waals surface area contributed by atoms with Crippen molar-refractivity contribution >= 4 is 29.1 Å². The smallest absolute Gasteiger partial charge is 0.242 e. The highest BCUT2D eigenvalue weighted by Gasteiger charge is 2.48. The number of hydrogen-bond acceptors (Lipinski definition) is 4. The summed E-state index contributed by atoms with van der Waals surface area (Å²) in [6.45, 7) is 5.41. The van der Waals surface area contributed by atoms with Gasteiger partial charge in [0, 0.05) is 5.92 Å². The van der Waals surface area contributed by atoms with Crippen LogP contribution in [0, 0.1) is 17.8 Å². The van der Waals surface area contributed by atoms with Crippen molar-refractivity contribution in [1.29, 1.82) is 0 Å². The molecule has 1 saturated heterocycles. The zero-order valence-electron chi connectivity index (χ0n) is 15.5. The van der Waals surface area contributed by atoms with Crippen LogP contribution in [0.25, 0.3) is 0 Å². The number of nitrogens with one attached hydrogen (secondary N) is 1. The second-order valence-corrected chi connectivity index (χ2v) is 7.38. The van der Waals surface area contributed by atoms with E-state index in [9.17, 15) is 14.4 Å². The van der Waals surface area contributed by atoms with Crippen LogP contribution in [0.1, 0.15) is 52.0 Å². The molecule has 26 heavy (non-hydrogen) atoms. The average Bonchev–Trinajstić information content (AvgIpc) is 2.90. The van der Waals surface area contributed by atoms with E-state index in [1.165, 1.54) is 4.90 Å². The fourth-order valence-corrected chi connectivity index (χ4v) is 3.60. The number of hydrogen-bond donors (Lipinski definition) is 1. The largest absolute Gasteiger partial charge is 0.274 e. The number of benzene rings is 1. The minimum atomic E-state index is -0.148. The van der Waals surface area contributed by atoms with E-state index in [4.69, 9.17) is 0 Å². The minimum absolute atomic E-state index is 0.0676. The number of carbonyl (C=O) groups excluding carboxylic acids is 3. The summed E-state index contributed by atoms with van der Waals surface area (Å²) in [6, 6.07) is 7.17. The Bertz CT molecular complexity index is 728. The summed E-state index contributed by atoms with van der Waals surface area (Å²) in [6.07, 6.45) is 3.66. The van der Waals surface area contributed by atoms with E-state index in [-0.39, 0.29) is 35.5 Å². The molecular formula is C20H25N3O3. The standard InChI is InChI=1S/C20H25N3O3/c1-12(2)18(24)22-21-13(3)14-8-10-15(11-9-14)23-19(25)16-6-4-5-7-17(16)20(23)26/h8-12,16-17H,4-7H2,1-3H3,(H,22,24)/b21-13-. The van der Waals surface area contributed by atoms with Crippen LogP contribution in [0.3, 0.4) is 0 Å². The molecule has 1 saturated carbocycles. The number of nitrogens with zero attached hydrogens (tertiary/aromatic N) is 2. The number of anilines is 1. The molecule has 138 valence electrons. The molecule has 3 rings (SSSR count). The van der Waals surface area contributed by atoms with Gasteiger partial charge < -0.3 is 0 Å². The second kappa shape index (κ2) is 7.40. The average molecular weight is 355 g/mol. The first-order chi connectivity index (χ1) is 12.4. The van der Waals surface area contributed by atoms with Crippen LogP contribution in [0.4, 0.5) is 5.69 Å². The third-order valence-corrected chi connectivity index (χ3v) is 5.24. The maximum atomic E-state index is 12.6. The van der Waals surface area contributed by atoms with Crippen LogP contribution in [0.5, 0.6) is 0 Å². The lowest BCUT2D eigenvalue weighted by Gasteiger charge is -2.19. The lowest BCUT2D eigenvalue weighted by Crippen LogP contribution is -2.30. The van der Waals surface area contributed by atoms with Gasteiger partial charge in [0.2, 0.25) is 17.7 Å². The minimum Gasteiger partial charge on any atom is -0.274 e. The molecule has 2 atom stereocenters. The van der Waals surface area contributed by atoms with Gasteiger partial charge in [0.15, 0.2) is 0 Å². The summed E-state index contributed by atoms with van der Waals surface area (Å²) in [4.78, 5) is 38.2. The van der Waals surface area contributed by atoms with E-state index in [2.05, 4.69) is 10.5 Å². The van der Waals surface area contributed by atoms with Gasteiger partial charge in [-0.1, -0.05) is 38.8 Å². The number of fused-ring (bicyclic) bond motifs is 1. The van der Waals surface area contributed by atoms with E-state index >= 15 is 0 Å². The van der Waals surface area contributed by atoms with Crippen LogP contribution < -0.4 is 10.3 Å². The number of hydrazone groups is 1. The molecule has 1 N–H and O–H groups in total. The molecule has 0 radical (unpaired) electrons. The SMILES string of the molecule is C/C(=N/NC(=O)C(C)C)c1ccc(N2C(=O)C3CCCCC3C2=O)cc1. The number of amides is 3. The second-order valence-electron chi connectivity index (χ2n) is 7.38. The van der Waals surface area contributed by atoms with Crippen molar-refractivity contribution < 1.29 is 14.4 Å². The molecule has 0 aromatic heterocycles. The third kappa shape index (κ3) is 3.41. The molecule has 0 spiro atoms. The Morgan fingerprint density at radius 2 is 1.62 bits per heavy atom. The van der Waals surface area contributed by atoms with E-state index < -0.39 is 0 Å². The molecule has 1 aromatic carbocycles. The first-order valence-corrected chi connectivity index (χ1v) is 9.22. The van der Waals surface area contributed by atoms with Gasteiger partial charge in [0.25, 0.3) is 0 Å². The van der Waals surface area contributed by atoms with Crippen molar-refractivity contribution in [2.45, 2.75) is 46.5 Å². The highest BCUT2D eigenvalue weighted by Crippen LogP contribution is 2.40.